The zero-order chi connectivity index (χ0) is 13.1. The molecular formula is C9H12BrN3O3S. The summed E-state index contributed by atoms with van der Waals surface area (Å²) in [5, 5.41) is 2.36. The summed E-state index contributed by atoms with van der Waals surface area (Å²) < 4.78 is 25.6. The zero-order valence-electron chi connectivity index (χ0n) is 9.34. The number of sulfonamides is 1. The molecule has 0 atom stereocenters. The van der Waals surface area contributed by atoms with Crippen molar-refractivity contribution >= 4 is 31.9 Å². The van der Waals surface area contributed by atoms with E-state index in [9.17, 15) is 13.2 Å². The Balaban J connectivity index is 2.99. The molecule has 0 saturated heterocycles. The zero-order valence-corrected chi connectivity index (χ0v) is 11.7. The Hall–Kier alpha value is -0.990. The maximum absolute atomic E-state index is 12.0. The van der Waals surface area contributed by atoms with Gasteiger partial charge in [-0.3, -0.25) is 9.78 Å². The van der Waals surface area contributed by atoms with Gasteiger partial charge in [-0.1, -0.05) is 0 Å². The van der Waals surface area contributed by atoms with Crippen LogP contribution in [-0.2, 0) is 14.8 Å². The van der Waals surface area contributed by atoms with Crippen molar-refractivity contribution in [3.8, 4) is 0 Å². The molecule has 8 heteroatoms. The number of carbonyl (C=O) groups excluding carboxylic acids is 1. The van der Waals surface area contributed by atoms with Gasteiger partial charge in [0.05, 0.1) is 6.54 Å². The molecule has 1 aromatic heterocycles. The first-order valence-electron chi connectivity index (χ1n) is 4.65. The molecule has 1 N–H and O–H groups in total. The van der Waals surface area contributed by atoms with Crippen LogP contribution in [0.25, 0.3) is 0 Å². The van der Waals surface area contributed by atoms with Crippen LogP contribution < -0.4 is 5.32 Å². The van der Waals surface area contributed by atoms with Crippen LogP contribution >= 0.6 is 15.9 Å². The van der Waals surface area contributed by atoms with Crippen LogP contribution in [0.15, 0.2) is 27.8 Å². The lowest BCUT2D eigenvalue weighted by atomic mass is 10.5. The van der Waals surface area contributed by atoms with Crippen molar-refractivity contribution in [1.29, 1.82) is 0 Å². The molecule has 0 aliphatic carbocycles. The Morgan fingerprint density at radius 1 is 1.53 bits per heavy atom. The van der Waals surface area contributed by atoms with E-state index in [1.807, 2.05) is 0 Å². The van der Waals surface area contributed by atoms with Gasteiger partial charge in [0, 0.05) is 31.0 Å². The first kappa shape index (κ1) is 14.1. The second kappa shape index (κ2) is 5.56. The summed E-state index contributed by atoms with van der Waals surface area (Å²) in [6.45, 7) is -0.231. The summed E-state index contributed by atoms with van der Waals surface area (Å²) in [6.07, 6.45) is 2.72. The maximum Gasteiger partial charge on any atom is 0.244 e. The van der Waals surface area contributed by atoms with E-state index in [-0.39, 0.29) is 17.3 Å². The fraction of sp³-hybridized carbons (Fsp3) is 0.333. The Labute approximate surface area is 108 Å². The summed E-state index contributed by atoms with van der Waals surface area (Å²) in [5.74, 6) is -0.376. The number of amides is 1. The van der Waals surface area contributed by atoms with Crippen LogP contribution in [0.2, 0.25) is 0 Å². The molecule has 0 radical (unpaired) electrons. The number of rotatable bonds is 4. The average molecular weight is 322 g/mol. The molecule has 0 aliphatic heterocycles. The topological polar surface area (TPSA) is 79.4 Å². The largest absolute Gasteiger partial charge is 0.358 e. The van der Waals surface area contributed by atoms with E-state index in [1.54, 1.807) is 0 Å². The molecule has 94 valence electrons. The normalized spacial score (nSPS) is 11.5. The number of pyridine rings is 1. The third kappa shape index (κ3) is 3.48. The highest BCUT2D eigenvalue weighted by molar-refractivity contribution is 9.10. The minimum Gasteiger partial charge on any atom is -0.358 e. The number of carbonyl (C=O) groups is 1. The van der Waals surface area contributed by atoms with Crippen LogP contribution in [0.1, 0.15) is 0 Å². The van der Waals surface area contributed by atoms with Gasteiger partial charge in [-0.15, -0.1) is 0 Å². The lowest BCUT2D eigenvalue weighted by molar-refractivity contribution is -0.120. The predicted molar refractivity (Wildman–Crippen MR) is 65.8 cm³/mol. The highest BCUT2D eigenvalue weighted by Gasteiger charge is 2.23. The summed E-state index contributed by atoms with van der Waals surface area (Å²) in [5.41, 5.74) is 0. The second-order valence-corrected chi connectivity index (χ2v) is 6.23. The molecule has 1 aromatic rings. The summed E-state index contributed by atoms with van der Waals surface area (Å²) in [7, 11) is -0.900. The van der Waals surface area contributed by atoms with Crippen molar-refractivity contribution in [2.24, 2.45) is 0 Å². The van der Waals surface area contributed by atoms with E-state index in [1.165, 1.54) is 32.6 Å². The van der Waals surface area contributed by atoms with Crippen LogP contribution in [0.3, 0.4) is 0 Å². The maximum atomic E-state index is 12.0. The van der Waals surface area contributed by atoms with Crippen molar-refractivity contribution in [1.82, 2.24) is 14.6 Å². The van der Waals surface area contributed by atoms with Gasteiger partial charge in [0.2, 0.25) is 15.9 Å². The monoisotopic (exact) mass is 321 g/mol. The van der Waals surface area contributed by atoms with Gasteiger partial charge in [0.15, 0.2) is 0 Å². The number of halogens is 1. The highest BCUT2D eigenvalue weighted by Crippen LogP contribution is 2.17. The molecule has 1 rings (SSSR count). The molecule has 0 fully saturated rings. The van der Waals surface area contributed by atoms with Crippen molar-refractivity contribution < 1.29 is 13.2 Å². The van der Waals surface area contributed by atoms with E-state index in [0.717, 1.165) is 4.31 Å². The van der Waals surface area contributed by atoms with E-state index in [2.05, 4.69) is 26.2 Å². The van der Waals surface area contributed by atoms with Crippen LogP contribution in [-0.4, -0.2) is 44.3 Å². The summed E-state index contributed by atoms with van der Waals surface area (Å²) in [6, 6.07) is 1.43. The molecule has 0 aromatic carbocycles. The molecule has 0 unspecified atom stereocenters. The molecule has 0 bridgehead atoms. The van der Waals surface area contributed by atoms with Gasteiger partial charge in [0.1, 0.15) is 4.90 Å². The third-order valence-corrected chi connectivity index (χ3v) is 4.24. The minimum atomic E-state index is -3.69. The molecule has 0 spiro atoms. The van der Waals surface area contributed by atoms with E-state index < -0.39 is 10.0 Å². The number of hydrogen-bond donors (Lipinski definition) is 1. The number of nitrogens with one attached hydrogen (secondary N) is 1. The van der Waals surface area contributed by atoms with Crippen molar-refractivity contribution in [3.05, 3.63) is 22.9 Å². The van der Waals surface area contributed by atoms with Gasteiger partial charge in [0.25, 0.3) is 0 Å². The van der Waals surface area contributed by atoms with Gasteiger partial charge in [-0.2, -0.15) is 4.31 Å². The summed E-state index contributed by atoms with van der Waals surface area (Å²) in [4.78, 5) is 14.9. The van der Waals surface area contributed by atoms with Gasteiger partial charge >= 0.3 is 0 Å². The fourth-order valence-electron chi connectivity index (χ4n) is 1.08. The van der Waals surface area contributed by atoms with Crippen molar-refractivity contribution in [2.45, 2.75) is 4.90 Å². The Morgan fingerprint density at radius 2 is 2.18 bits per heavy atom. The van der Waals surface area contributed by atoms with Crippen LogP contribution in [0.5, 0.6) is 0 Å². The minimum absolute atomic E-state index is 0.0401. The van der Waals surface area contributed by atoms with Gasteiger partial charge < -0.3 is 5.32 Å². The summed E-state index contributed by atoms with van der Waals surface area (Å²) >= 11 is 3.14. The molecular weight excluding hydrogens is 310 g/mol. The Morgan fingerprint density at radius 3 is 2.71 bits per heavy atom. The third-order valence-electron chi connectivity index (χ3n) is 2.03. The molecule has 1 heterocycles. The molecule has 0 saturated carbocycles. The predicted octanol–water partition coefficient (Wildman–Crippen LogP) is 0.211. The number of likely N-dealkylation sites (N-methyl/N-ethyl adjacent to an activating group) is 2. The number of nitrogens with zero attached hydrogens (tertiary/aromatic N) is 2. The highest BCUT2D eigenvalue weighted by atomic mass is 79.9. The standard InChI is InChI=1S/C9H12BrN3O3S/c1-11-9(14)6-13(2)17(15,16)8-3-7(10)4-12-5-8/h3-5H,6H2,1-2H3,(H,11,14). The molecule has 1 amide bonds. The molecule has 0 aliphatic rings. The Kier molecular flexibility index (Phi) is 4.61. The van der Waals surface area contributed by atoms with E-state index in [0.29, 0.717) is 4.47 Å². The fourth-order valence-corrected chi connectivity index (χ4v) is 2.71. The van der Waals surface area contributed by atoms with Crippen LogP contribution in [0, 0.1) is 0 Å². The van der Waals surface area contributed by atoms with Gasteiger partial charge in [-0.25, -0.2) is 8.42 Å². The average Bonchev–Trinajstić information content (AvgIpc) is 2.28. The number of aromatic nitrogens is 1. The SMILES string of the molecule is CNC(=O)CN(C)S(=O)(=O)c1cncc(Br)c1. The lowest BCUT2D eigenvalue weighted by Gasteiger charge is -2.15. The first-order valence-corrected chi connectivity index (χ1v) is 6.88. The van der Waals surface area contributed by atoms with Crippen molar-refractivity contribution in [2.75, 3.05) is 20.6 Å². The smallest absolute Gasteiger partial charge is 0.244 e. The quantitative estimate of drug-likeness (QED) is 0.859. The van der Waals surface area contributed by atoms with E-state index in [4.69, 9.17) is 0 Å². The van der Waals surface area contributed by atoms with E-state index >= 15 is 0 Å². The first-order chi connectivity index (χ1) is 7.87. The molecule has 6 nitrogen and oxygen atoms in total. The van der Waals surface area contributed by atoms with Crippen LogP contribution in [0.4, 0.5) is 0 Å². The molecule has 17 heavy (non-hydrogen) atoms. The lowest BCUT2D eigenvalue weighted by Crippen LogP contribution is -2.36. The van der Waals surface area contributed by atoms with Gasteiger partial charge in [-0.05, 0) is 22.0 Å². The second-order valence-electron chi connectivity index (χ2n) is 3.27. The number of hydrogen-bond acceptors (Lipinski definition) is 4. The Bertz CT molecular complexity index is 518. The van der Waals surface area contributed by atoms with Crippen molar-refractivity contribution in [3.63, 3.8) is 0 Å².